The zero-order valence-corrected chi connectivity index (χ0v) is 14.5. The van der Waals surface area contributed by atoms with E-state index in [9.17, 15) is 14.9 Å². The van der Waals surface area contributed by atoms with E-state index in [-0.39, 0.29) is 5.69 Å². The van der Waals surface area contributed by atoms with Crippen molar-refractivity contribution in [2.45, 2.75) is 13.0 Å². The fraction of sp³-hybridized carbons (Fsp3) is 0.278. The Morgan fingerprint density at radius 1 is 1.31 bits per heavy atom. The molecule has 2 aromatic rings. The summed E-state index contributed by atoms with van der Waals surface area (Å²) in [6.45, 7) is 1.07. The zero-order valence-electron chi connectivity index (χ0n) is 14.5. The Labute approximate surface area is 150 Å². The predicted molar refractivity (Wildman–Crippen MR) is 97.0 cm³/mol. The summed E-state index contributed by atoms with van der Waals surface area (Å²) in [7, 11) is 2.78. The highest BCUT2D eigenvalue weighted by Gasteiger charge is 2.23. The molecule has 2 aromatic carbocycles. The van der Waals surface area contributed by atoms with Crippen LogP contribution in [0.2, 0.25) is 0 Å². The molecule has 1 heterocycles. The molecule has 0 spiro atoms. The van der Waals surface area contributed by atoms with Gasteiger partial charge in [-0.2, -0.15) is 0 Å². The number of hydrogen-bond acceptors (Lipinski definition) is 7. The van der Waals surface area contributed by atoms with Gasteiger partial charge in [-0.25, -0.2) is 4.79 Å². The maximum atomic E-state index is 11.9. The number of methoxy groups -OCH3 is 2. The quantitative estimate of drug-likeness (QED) is 0.465. The van der Waals surface area contributed by atoms with E-state index >= 15 is 0 Å². The van der Waals surface area contributed by atoms with Gasteiger partial charge in [-0.3, -0.25) is 10.1 Å². The summed E-state index contributed by atoms with van der Waals surface area (Å²) in [6.07, 6.45) is 0.718. The van der Waals surface area contributed by atoms with Crippen LogP contribution < -0.4 is 15.4 Å². The molecule has 0 amide bonds. The van der Waals surface area contributed by atoms with Crippen LogP contribution in [0.3, 0.4) is 0 Å². The molecule has 0 bridgehead atoms. The number of nitro benzene ring substituents is 1. The topological polar surface area (TPSA) is 103 Å². The summed E-state index contributed by atoms with van der Waals surface area (Å²) in [6, 6.07) is 8.35. The minimum atomic E-state index is -0.500. The molecule has 1 aliphatic rings. The number of benzene rings is 2. The number of esters is 1. The summed E-state index contributed by atoms with van der Waals surface area (Å²) in [5.41, 5.74) is 3.44. The molecule has 0 saturated heterocycles. The van der Waals surface area contributed by atoms with Gasteiger partial charge in [0, 0.05) is 30.4 Å². The van der Waals surface area contributed by atoms with Crippen LogP contribution in [-0.4, -0.2) is 31.7 Å². The van der Waals surface area contributed by atoms with E-state index in [1.54, 1.807) is 24.3 Å². The number of anilines is 2. The van der Waals surface area contributed by atoms with E-state index in [1.165, 1.54) is 20.3 Å². The lowest BCUT2D eigenvalue weighted by molar-refractivity contribution is -0.384. The number of fused-ring (bicyclic) bond motifs is 1. The van der Waals surface area contributed by atoms with E-state index in [2.05, 4.69) is 10.6 Å². The molecule has 2 N–H and O–H groups in total. The Bertz CT molecular complexity index is 866. The maximum Gasteiger partial charge on any atom is 0.341 e. The smallest absolute Gasteiger partial charge is 0.341 e. The van der Waals surface area contributed by atoms with Crippen molar-refractivity contribution in [3.8, 4) is 5.75 Å². The molecular formula is C18H19N3O5. The van der Waals surface area contributed by atoms with Gasteiger partial charge in [0.1, 0.15) is 17.0 Å². The molecule has 0 fully saturated rings. The lowest BCUT2D eigenvalue weighted by atomic mass is 10.1. The van der Waals surface area contributed by atoms with E-state index in [4.69, 9.17) is 9.47 Å². The van der Waals surface area contributed by atoms with Crippen LogP contribution in [0.1, 0.15) is 21.5 Å². The highest BCUT2D eigenvalue weighted by molar-refractivity contribution is 5.92. The van der Waals surface area contributed by atoms with Crippen LogP contribution in [0.15, 0.2) is 30.3 Å². The first-order chi connectivity index (χ1) is 12.5. The number of nitrogens with zero attached hydrogens (tertiary/aromatic N) is 1. The van der Waals surface area contributed by atoms with Gasteiger partial charge >= 0.3 is 5.97 Å². The largest absolute Gasteiger partial charge is 0.496 e. The third-order valence-electron chi connectivity index (χ3n) is 4.32. The van der Waals surface area contributed by atoms with Crippen LogP contribution >= 0.6 is 0 Å². The molecule has 3 rings (SSSR count). The Balaban J connectivity index is 1.89. The van der Waals surface area contributed by atoms with Gasteiger partial charge in [-0.15, -0.1) is 0 Å². The van der Waals surface area contributed by atoms with Gasteiger partial charge in [-0.1, -0.05) is 6.07 Å². The predicted octanol–water partition coefficient (Wildman–Crippen LogP) is 2.97. The van der Waals surface area contributed by atoms with Gasteiger partial charge in [0.25, 0.3) is 5.69 Å². The molecular weight excluding hydrogens is 338 g/mol. The number of carbonyl (C=O) groups excluding carboxylic acids is 1. The second kappa shape index (κ2) is 7.30. The highest BCUT2D eigenvalue weighted by atomic mass is 16.6. The number of nitrogens with one attached hydrogen (secondary N) is 2. The van der Waals surface area contributed by atoms with Crippen molar-refractivity contribution < 1.29 is 19.2 Å². The van der Waals surface area contributed by atoms with Crippen molar-refractivity contribution in [2.24, 2.45) is 0 Å². The Hall–Kier alpha value is -3.29. The molecule has 0 unspecified atom stereocenters. The number of hydrogen-bond donors (Lipinski definition) is 2. The fourth-order valence-corrected chi connectivity index (χ4v) is 3.06. The average molecular weight is 357 g/mol. The van der Waals surface area contributed by atoms with Crippen LogP contribution in [-0.2, 0) is 17.7 Å². The summed E-state index contributed by atoms with van der Waals surface area (Å²) >= 11 is 0. The average Bonchev–Trinajstić information content (AvgIpc) is 3.13. The van der Waals surface area contributed by atoms with Gasteiger partial charge in [0.15, 0.2) is 0 Å². The summed E-state index contributed by atoms with van der Waals surface area (Å²) in [5, 5.41) is 17.7. The molecule has 0 saturated carbocycles. The van der Waals surface area contributed by atoms with Crippen molar-refractivity contribution in [3.63, 3.8) is 0 Å². The molecule has 26 heavy (non-hydrogen) atoms. The number of carbonyl (C=O) groups is 1. The molecule has 8 nitrogen and oxygen atoms in total. The molecule has 136 valence electrons. The summed E-state index contributed by atoms with van der Waals surface area (Å²) < 4.78 is 9.95. The minimum absolute atomic E-state index is 0.0363. The van der Waals surface area contributed by atoms with E-state index in [0.717, 1.165) is 29.8 Å². The Kier molecular flexibility index (Phi) is 4.92. The normalized spacial score (nSPS) is 12.1. The van der Waals surface area contributed by atoms with Crippen LogP contribution in [0, 0.1) is 10.1 Å². The first-order valence-electron chi connectivity index (χ1n) is 8.08. The molecule has 0 aliphatic carbocycles. The molecule has 0 radical (unpaired) electrons. The number of nitro groups is 1. The number of rotatable bonds is 6. The van der Waals surface area contributed by atoms with Crippen molar-refractivity contribution in [2.75, 3.05) is 31.4 Å². The van der Waals surface area contributed by atoms with Crippen molar-refractivity contribution in [3.05, 3.63) is 57.1 Å². The van der Waals surface area contributed by atoms with E-state index in [0.29, 0.717) is 23.5 Å². The van der Waals surface area contributed by atoms with Gasteiger partial charge < -0.3 is 20.1 Å². The highest BCUT2D eigenvalue weighted by Crippen LogP contribution is 2.37. The van der Waals surface area contributed by atoms with Gasteiger partial charge in [0.2, 0.25) is 0 Å². The summed E-state index contributed by atoms with van der Waals surface area (Å²) in [5.74, 6) is -0.0872. The number of ether oxygens (including phenoxy) is 2. The third-order valence-corrected chi connectivity index (χ3v) is 4.32. The van der Waals surface area contributed by atoms with Crippen molar-refractivity contribution in [1.82, 2.24) is 0 Å². The van der Waals surface area contributed by atoms with Crippen LogP contribution in [0.25, 0.3) is 0 Å². The second-order valence-electron chi connectivity index (χ2n) is 5.80. The first-order valence-corrected chi connectivity index (χ1v) is 8.08. The SMILES string of the molecule is COC(=O)c1cc(CNc2c([N+](=O)[O-])ccc3c2CCN3)ccc1OC. The Morgan fingerprint density at radius 2 is 2.12 bits per heavy atom. The molecule has 8 heteroatoms. The Morgan fingerprint density at radius 3 is 2.81 bits per heavy atom. The standard InChI is InChI=1S/C18H19N3O5/c1-25-16-6-3-11(9-13(16)18(22)26-2)10-20-17-12-7-8-19-14(12)4-5-15(17)21(23)24/h3-6,9,19-20H,7-8,10H2,1-2H3. The van der Waals surface area contributed by atoms with Crippen molar-refractivity contribution in [1.29, 1.82) is 0 Å². The van der Waals surface area contributed by atoms with E-state index < -0.39 is 10.9 Å². The fourth-order valence-electron chi connectivity index (χ4n) is 3.06. The first kappa shape index (κ1) is 17.5. The molecule has 0 aromatic heterocycles. The molecule has 1 aliphatic heterocycles. The summed E-state index contributed by atoms with van der Waals surface area (Å²) in [4.78, 5) is 22.9. The maximum absolute atomic E-state index is 11.9. The van der Waals surface area contributed by atoms with Gasteiger partial charge in [-0.05, 0) is 30.2 Å². The van der Waals surface area contributed by atoms with E-state index in [1.807, 2.05) is 0 Å². The lowest BCUT2D eigenvalue weighted by Gasteiger charge is -2.13. The third kappa shape index (κ3) is 3.26. The zero-order chi connectivity index (χ0) is 18.7. The second-order valence-corrected chi connectivity index (χ2v) is 5.80. The molecule has 0 atom stereocenters. The lowest BCUT2D eigenvalue weighted by Crippen LogP contribution is -2.08. The van der Waals surface area contributed by atoms with Crippen molar-refractivity contribution >= 4 is 23.0 Å². The minimum Gasteiger partial charge on any atom is -0.496 e. The van der Waals surface area contributed by atoms with Crippen LogP contribution in [0.5, 0.6) is 5.75 Å². The monoisotopic (exact) mass is 357 g/mol. The van der Waals surface area contributed by atoms with Crippen LogP contribution in [0.4, 0.5) is 17.1 Å². The van der Waals surface area contributed by atoms with Gasteiger partial charge in [0.05, 0.1) is 19.1 Å².